The van der Waals surface area contributed by atoms with Gasteiger partial charge in [-0.1, -0.05) is 11.6 Å². The van der Waals surface area contributed by atoms with E-state index in [4.69, 9.17) is 11.6 Å². The fourth-order valence-corrected chi connectivity index (χ4v) is 3.20. The molecule has 0 aliphatic carbocycles. The Morgan fingerprint density at radius 3 is 2.88 bits per heavy atom. The summed E-state index contributed by atoms with van der Waals surface area (Å²) in [4.78, 5) is 5.68. The van der Waals surface area contributed by atoms with Crippen molar-refractivity contribution < 1.29 is 0 Å². The molecule has 0 aliphatic rings. The highest BCUT2D eigenvalue weighted by Crippen LogP contribution is 2.26. The van der Waals surface area contributed by atoms with Gasteiger partial charge in [0.25, 0.3) is 0 Å². The van der Waals surface area contributed by atoms with Crippen molar-refractivity contribution in [3.8, 4) is 0 Å². The molecule has 1 unspecified atom stereocenters. The standard InChI is InChI=1S/C11H13ClN2S2/c1-7-6-15-11(14-7)5-13-8(2)9-3-4-10(12)16-9/h3-4,6,8,13H,5H2,1-2H3. The molecule has 86 valence electrons. The van der Waals surface area contributed by atoms with Gasteiger partial charge in [-0.2, -0.15) is 0 Å². The van der Waals surface area contributed by atoms with Crippen molar-refractivity contribution in [2.45, 2.75) is 26.4 Å². The third-order valence-corrected chi connectivity index (χ3v) is 4.63. The first-order chi connectivity index (χ1) is 7.65. The summed E-state index contributed by atoms with van der Waals surface area (Å²) in [6.07, 6.45) is 0. The molecule has 0 spiro atoms. The van der Waals surface area contributed by atoms with E-state index >= 15 is 0 Å². The van der Waals surface area contributed by atoms with Crippen molar-refractivity contribution in [1.82, 2.24) is 10.3 Å². The molecule has 2 heterocycles. The van der Waals surface area contributed by atoms with Gasteiger partial charge in [-0.3, -0.25) is 0 Å². The van der Waals surface area contributed by atoms with Crippen LogP contribution in [0.3, 0.4) is 0 Å². The molecule has 0 fully saturated rings. The van der Waals surface area contributed by atoms with Crippen LogP contribution in [-0.4, -0.2) is 4.98 Å². The molecule has 0 bridgehead atoms. The van der Waals surface area contributed by atoms with Crippen LogP contribution in [0, 0.1) is 6.92 Å². The van der Waals surface area contributed by atoms with E-state index in [9.17, 15) is 0 Å². The lowest BCUT2D eigenvalue weighted by Gasteiger charge is -2.10. The van der Waals surface area contributed by atoms with Crippen LogP contribution < -0.4 is 5.32 Å². The topological polar surface area (TPSA) is 24.9 Å². The Bertz CT molecular complexity index is 464. The number of aryl methyl sites for hydroxylation is 1. The van der Waals surface area contributed by atoms with E-state index in [0.29, 0.717) is 6.04 Å². The van der Waals surface area contributed by atoms with Crippen LogP contribution in [0.5, 0.6) is 0 Å². The van der Waals surface area contributed by atoms with E-state index in [0.717, 1.165) is 21.6 Å². The largest absolute Gasteiger partial charge is 0.303 e. The normalized spacial score (nSPS) is 12.9. The number of thiazole rings is 1. The Morgan fingerprint density at radius 1 is 1.50 bits per heavy atom. The summed E-state index contributed by atoms with van der Waals surface area (Å²) in [5, 5.41) is 6.65. The first kappa shape index (κ1) is 12.0. The number of thiophene rings is 1. The van der Waals surface area contributed by atoms with Gasteiger partial charge in [0.1, 0.15) is 5.01 Å². The fraction of sp³-hybridized carbons (Fsp3) is 0.364. The summed E-state index contributed by atoms with van der Waals surface area (Å²) in [7, 11) is 0. The fourth-order valence-electron chi connectivity index (χ4n) is 1.39. The van der Waals surface area contributed by atoms with Gasteiger partial charge in [-0.15, -0.1) is 22.7 Å². The summed E-state index contributed by atoms with van der Waals surface area (Å²) >= 11 is 9.22. The number of halogens is 1. The third kappa shape index (κ3) is 3.04. The van der Waals surface area contributed by atoms with Crippen LogP contribution in [0.25, 0.3) is 0 Å². The van der Waals surface area contributed by atoms with Gasteiger partial charge in [0.05, 0.1) is 4.34 Å². The van der Waals surface area contributed by atoms with E-state index in [-0.39, 0.29) is 0 Å². The minimum Gasteiger partial charge on any atom is -0.303 e. The molecule has 0 aliphatic heterocycles. The summed E-state index contributed by atoms with van der Waals surface area (Å²) in [5.41, 5.74) is 1.09. The van der Waals surface area contributed by atoms with Crippen molar-refractivity contribution >= 4 is 34.3 Å². The van der Waals surface area contributed by atoms with Crippen molar-refractivity contribution in [3.05, 3.63) is 37.4 Å². The predicted molar refractivity (Wildman–Crippen MR) is 71.4 cm³/mol. The molecule has 0 radical (unpaired) electrons. The van der Waals surface area contributed by atoms with Crippen LogP contribution in [0.4, 0.5) is 0 Å². The average Bonchev–Trinajstić information content (AvgIpc) is 2.84. The summed E-state index contributed by atoms with van der Waals surface area (Å²) in [6.45, 7) is 4.97. The molecule has 0 amide bonds. The highest BCUT2D eigenvalue weighted by molar-refractivity contribution is 7.16. The van der Waals surface area contributed by atoms with Gasteiger partial charge in [0, 0.05) is 28.5 Å². The lowest BCUT2D eigenvalue weighted by Crippen LogP contribution is -2.16. The van der Waals surface area contributed by atoms with E-state index in [1.807, 2.05) is 13.0 Å². The number of hydrogen-bond acceptors (Lipinski definition) is 4. The van der Waals surface area contributed by atoms with Crippen LogP contribution >= 0.6 is 34.3 Å². The Kier molecular flexibility index (Phi) is 3.97. The van der Waals surface area contributed by atoms with Crippen LogP contribution in [0.1, 0.15) is 28.5 Å². The Labute approximate surface area is 108 Å². The molecule has 5 heteroatoms. The maximum atomic E-state index is 5.91. The van der Waals surface area contributed by atoms with Gasteiger partial charge < -0.3 is 5.32 Å². The maximum absolute atomic E-state index is 5.91. The summed E-state index contributed by atoms with van der Waals surface area (Å²) in [6, 6.07) is 4.33. The number of aromatic nitrogens is 1. The second-order valence-electron chi connectivity index (χ2n) is 3.63. The van der Waals surface area contributed by atoms with E-state index in [1.54, 1.807) is 22.7 Å². The van der Waals surface area contributed by atoms with Crippen LogP contribution in [-0.2, 0) is 6.54 Å². The Balaban J connectivity index is 1.91. The van der Waals surface area contributed by atoms with Crippen molar-refractivity contribution in [1.29, 1.82) is 0 Å². The van der Waals surface area contributed by atoms with Gasteiger partial charge >= 0.3 is 0 Å². The molecule has 2 nitrogen and oxygen atoms in total. The van der Waals surface area contributed by atoms with Gasteiger partial charge in [-0.25, -0.2) is 4.98 Å². The smallest absolute Gasteiger partial charge is 0.107 e. The zero-order chi connectivity index (χ0) is 11.5. The molecule has 0 saturated heterocycles. The number of hydrogen-bond donors (Lipinski definition) is 1. The number of nitrogens with zero attached hydrogens (tertiary/aromatic N) is 1. The summed E-state index contributed by atoms with van der Waals surface area (Å²) < 4.78 is 0.841. The minimum atomic E-state index is 0.321. The highest BCUT2D eigenvalue weighted by Gasteiger charge is 2.08. The molecular formula is C11H13ClN2S2. The highest BCUT2D eigenvalue weighted by atomic mass is 35.5. The SMILES string of the molecule is Cc1csc(CNC(C)c2ccc(Cl)s2)n1. The molecular weight excluding hydrogens is 260 g/mol. The quantitative estimate of drug-likeness (QED) is 0.909. The zero-order valence-corrected chi connectivity index (χ0v) is 11.5. The van der Waals surface area contributed by atoms with Crippen molar-refractivity contribution in [2.24, 2.45) is 0 Å². The minimum absolute atomic E-state index is 0.321. The molecule has 1 N–H and O–H groups in total. The lowest BCUT2D eigenvalue weighted by molar-refractivity contribution is 0.581. The Morgan fingerprint density at radius 2 is 2.31 bits per heavy atom. The van der Waals surface area contributed by atoms with E-state index in [2.05, 4.69) is 28.7 Å². The second kappa shape index (κ2) is 5.27. The number of nitrogens with one attached hydrogen (secondary N) is 1. The Hall–Kier alpha value is -0.420. The average molecular weight is 273 g/mol. The third-order valence-electron chi connectivity index (χ3n) is 2.25. The monoisotopic (exact) mass is 272 g/mol. The van der Waals surface area contributed by atoms with Crippen LogP contribution in [0.2, 0.25) is 4.34 Å². The predicted octanol–water partition coefficient (Wildman–Crippen LogP) is 4.02. The zero-order valence-electron chi connectivity index (χ0n) is 9.16. The lowest BCUT2D eigenvalue weighted by atomic mass is 10.3. The van der Waals surface area contributed by atoms with Crippen molar-refractivity contribution in [2.75, 3.05) is 0 Å². The molecule has 0 saturated carbocycles. The maximum Gasteiger partial charge on any atom is 0.107 e. The second-order valence-corrected chi connectivity index (χ2v) is 6.32. The first-order valence-electron chi connectivity index (χ1n) is 5.05. The molecule has 2 aromatic rings. The van der Waals surface area contributed by atoms with Crippen molar-refractivity contribution in [3.63, 3.8) is 0 Å². The van der Waals surface area contributed by atoms with Gasteiger partial charge in [-0.05, 0) is 26.0 Å². The van der Waals surface area contributed by atoms with E-state index in [1.165, 1.54) is 4.88 Å². The van der Waals surface area contributed by atoms with Gasteiger partial charge in [0.2, 0.25) is 0 Å². The first-order valence-corrected chi connectivity index (χ1v) is 7.12. The molecule has 2 aromatic heterocycles. The number of rotatable bonds is 4. The van der Waals surface area contributed by atoms with Gasteiger partial charge in [0.15, 0.2) is 0 Å². The summed E-state index contributed by atoms with van der Waals surface area (Å²) in [5.74, 6) is 0. The molecule has 16 heavy (non-hydrogen) atoms. The van der Waals surface area contributed by atoms with Crippen LogP contribution in [0.15, 0.2) is 17.5 Å². The molecule has 2 rings (SSSR count). The molecule has 0 aromatic carbocycles. The molecule has 1 atom stereocenters. The van der Waals surface area contributed by atoms with E-state index < -0.39 is 0 Å².